The Morgan fingerprint density at radius 3 is 2.62 bits per heavy atom. The minimum atomic E-state index is 0.302. The first-order chi connectivity index (χ1) is 9.97. The number of hydrogen-bond donors (Lipinski definition) is 1. The molecule has 3 nitrogen and oxygen atoms in total. The van der Waals surface area contributed by atoms with E-state index in [1.807, 2.05) is 12.1 Å². The summed E-state index contributed by atoms with van der Waals surface area (Å²) in [5, 5.41) is 1.02. The lowest BCUT2D eigenvalue weighted by Crippen LogP contribution is -2.08. The predicted octanol–water partition coefficient (Wildman–Crippen LogP) is 5.36. The predicted molar refractivity (Wildman–Crippen MR) is 91.1 cm³/mol. The van der Waals surface area contributed by atoms with Crippen molar-refractivity contribution in [2.75, 3.05) is 5.73 Å². The number of nitrogens with zero attached hydrogens (tertiary/aromatic N) is 2. The minimum Gasteiger partial charge on any atom is -0.383 e. The zero-order chi connectivity index (χ0) is 15.6. The molecule has 1 aromatic heterocycles. The van der Waals surface area contributed by atoms with Crippen molar-refractivity contribution >= 4 is 29.0 Å². The Morgan fingerprint density at radius 2 is 2.00 bits per heavy atom. The van der Waals surface area contributed by atoms with Gasteiger partial charge in [0.25, 0.3) is 0 Å². The molecule has 0 atom stereocenters. The van der Waals surface area contributed by atoms with Crippen molar-refractivity contribution in [1.29, 1.82) is 0 Å². The van der Waals surface area contributed by atoms with Crippen molar-refractivity contribution in [3.05, 3.63) is 34.1 Å². The number of anilines is 1. The van der Waals surface area contributed by atoms with E-state index in [2.05, 4.69) is 25.3 Å². The number of unbranched alkanes of at least 4 members (excludes halogenated alkanes) is 1. The van der Waals surface area contributed by atoms with Crippen LogP contribution in [0.25, 0.3) is 11.3 Å². The molecular weight excluding hydrogens is 305 g/mol. The van der Waals surface area contributed by atoms with E-state index in [9.17, 15) is 0 Å². The van der Waals surface area contributed by atoms with Gasteiger partial charge < -0.3 is 10.3 Å². The van der Waals surface area contributed by atoms with Gasteiger partial charge in [0.2, 0.25) is 0 Å². The first-order valence-corrected chi connectivity index (χ1v) is 8.03. The smallest absolute Gasteiger partial charge is 0.131 e. The summed E-state index contributed by atoms with van der Waals surface area (Å²) in [5.74, 6) is 1.96. The molecule has 21 heavy (non-hydrogen) atoms. The van der Waals surface area contributed by atoms with Crippen molar-refractivity contribution in [3.8, 4) is 11.3 Å². The lowest BCUT2D eigenvalue weighted by Gasteiger charge is -2.11. The van der Waals surface area contributed by atoms with Crippen molar-refractivity contribution < 1.29 is 0 Å². The van der Waals surface area contributed by atoms with Crippen LogP contribution in [0, 0.1) is 0 Å². The van der Waals surface area contributed by atoms with Crippen LogP contribution in [-0.4, -0.2) is 9.55 Å². The zero-order valence-electron chi connectivity index (χ0n) is 12.7. The van der Waals surface area contributed by atoms with Gasteiger partial charge >= 0.3 is 0 Å². The highest BCUT2D eigenvalue weighted by molar-refractivity contribution is 6.43. The first-order valence-electron chi connectivity index (χ1n) is 7.27. The van der Waals surface area contributed by atoms with E-state index in [1.54, 1.807) is 6.07 Å². The van der Waals surface area contributed by atoms with Gasteiger partial charge in [-0.2, -0.15) is 0 Å². The Kier molecular flexibility index (Phi) is 5.17. The molecule has 1 aromatic carbocycles. The monoisotopic (exact) mass is 325 g/mol. The van der Waals surface area contributed by atoms with Crippen LogP contribution in [0.15, 0.2) is 18.2 Å². The lowest BCUT2D eigenvalue weighted by atomic mass is 10.1. The Morgan fingerprint density at radius 1 is 1.29 bits per heavy atom. The molecule has 2 N–H and O–H groups in total. The Bertz CT molecular complexity index is 633. The Labute approximate surface area is 136 Å². The van der Waals surface area contributed by atoms with Gasteiger partial charge in [-0.05, 0) is 12.5 Å². The van der Waals surface area contributed by atoms with E-state index in [4.69, 9.17) is 33.9 Å². The van der Waals surface area contributed by atoms with E-state index in [0.717, 1.165) is 36.5 Å². The SMILES string of the molecule is CCCCn1c(C(C)C)nc(-c2cccc(Cl)c2Cl)c1N. The van der Waals surface area contributed by atoms with E-state index in [0.29, 0.717) is 21.8 Å². The number of halogens is 2. The lowest BCUT2D eigenvalue weighted by molar-refractivity contribution is 0.588. The highest BCUT2D eigenvalue weighted by atomic mass is 35.5. The van der Waals surface area contributed by atoms with Gasteiger partial charge in [-0.15, -0.1) is 0 Å². The van der Waals surface area contributed by atoms with Crippen molar-refractivity contribution in [2.45, 2.75) is 46.1 Å². The second-order valence-electron chi connectivity index (χ2n) is 5.47. The average molecular weight is 326 g/mol. The molecule has 0 bridgehead atoms. The van der Waals surface area contributed by atoms with E-state index < -0.39 is 0 Å². The number of imidazole rings is 1. The summed E-state index contributed by atoms with van der Waals surface area (Å²) in [4.78, 5) is 4.73. The molecule has 0 saturated heterocycles. The Hall–Kier alpha value is -1.19. The van der Waals surface area contributed by atoms with Crippen LogP contribution in [0.2, 0.25) is 10.0 Å². The second-order valence-corrected chi connectivity index (χ2v) is 6.25. The van der Waals surface area contributed by atoms with Crippen molar-refractivity contribution in [3.63, 3.8) is 0 Å². The third-order valence-corrected chi connectivity index (χ3v) is 4.31. The number of benzene rings is 1. The maximum Gasteiger partial charge on any atom is 0.131 e. The number of nitrogens with two attached hydrogens (primary N) is 1. The molecule has 0 aliphatic rings. The highest BCUT2D eigenvalue weighted by Gasteiger charge is 2.20. The number of aromatic nitrogens is 2. The van der Waals surface area contributed by atoms with Crippen LogP contribution < -0.4 is 5.73 Å². The normalized spacial score (nSPS) is 11.3. The van der Waals surface area contributed by atoms with Crippen LogP contribution in [-0.2, 0) is 6.54 Å². The summed E-state index contributed by atoms with van der Waals surface area (Å²) in [7, 11) is 0. The molecule has 0 amide bonds. The first kappa shape index (κ1) is 16.2. The van der Waals surface area contributed by atoms with Crippen LogP contribution in [0.3, 0.4) is 0 Å². The molecule has 1 heterocycles. The molecule has 0 aliphatic heterocycles. The molecular formula is C16H21Cl2N3. The largest absolute Gasteiger partial charge is 0.383 e. The molecule has 0 spiro atoms. The number of hydrogen-bond acceptors (Lipinski definition) is 2. The van der Waals surface area contributed by atoms with Gasteiger partial charge in [-0.25, -0.2) is 4.98 Å². The van der Waals surface area contributed by atoms with Crippen molar-refractivity contribution in [1.82, 2.24) is 9.55 Å². The van der Waals surface area contributed by atoms with Crippen LogP contribution in [0.5, 0.6) is 0 Å². The summed E-state index contributed by atoms with van der Waals surface area (Å²) < 4.78 is 2.10. The van der Waals surface area contributed by atoms with Gasteiger partial charge in [0.15, 0.2) is 0 Å². The molecule has 5 heteroatoms. The standard InChI is InChI=1S/C16H21Cl2N3/c1-4-5-9-21-15(19)14(20-16(21)10(2)3)11-7-6-8-12(17)13(11)18/h6-8,10H,4-5,9,19H2,1-3H3. The van der Waals surface area contributed by atoms with E-state index >= 15 is 0 Å². The molecule has 0 unspecified atom stereocenters. The number of rotatable bonds is 5. The fraction of sp³-hybridized carbons (Fsp3) is 0.438. The summed E-state index contributed by atoms with van der Waals surface area (Å²) in [6.45, 7) is 7.28. The van der Waals surface area contributed by atoms with Gasteiger partial charge in [-0.1, -0.05) is 62.5 Å². The van der Waals surface area contributed by atoms with Gasteiger partial charge in [0.05, 0.1) is 10.0 Å². The summed E-state index contributed by atoms with van der Waals surface area (Å²) >= 11 is 12.4. The maximum atomic E-state index is 6.33. The Balaban J connectivity index is 2.57. The van der Waals surface area contributed by atoms with Gasteiger partial charge in [0.1, 0.15) is 17.3 Å². The molecule has 2 aromatic rings. The van der Waals surface area contributed by atoms with Crippen LogP contribution >= 0.6 is 23.2 Å². The second kappa shape index (κ2) is 6.71. The molecule has 0 fully saturated rings. The summed E-state index contributed by atoms with van der Waals surface area (Å²) in [6, 6.07) is 5.53. The highest BCUT2D eigenvalue weighted by Crippen LogP contribution is 2.37. The van der Waals surface area contributed by atoms with Gasteiger partial charge in [0, 0.05) is 18.0 Å². The summed E-state index contributed by atoms with van der Waals surface area (Å²) in [5.41, 5.74) is 7.85. The molecule has 0 radical (unpaired) electrons. The van der Waals surface area contributed by atoms with Gasteiger partial charge in [-0.3, -0.25) is 0 Å². The molecule has 2 rings (SSSR count). The fourth-order valence-electron chi connectivity index (χ4n) is 2.36. The van der Waals surface area contributed by atoms with E-state index in [-0.39, 0.29) is 0 Å². The third-order valence-electron chi connectivity index (χ3n) is 3.49. The molecule has 0 saturated carbocycles. The maximum absolute atomic E-state index is 6.33. The van der Waals surface area contributed by atoms with Crippen LogP contribution in [0.4, 0.5) is 5.82 Å². The molecule has 114 valence electrons. The molecule has 0 aliphatic carbocycles. The van der Waals surface area contributed by atoms with E-state index in [1.165, 1.54) is 0 Å². The third kappa shape index (κ3) is 3.19. The number of nitrogen functional groups attached to an aromatic ring is 1. The zero-order valence-corrected chi connectivity index (χ0v) is 14.2. The van der Waals surface area contributed by atoms with Crippen LogP contribution in [0.1, 0.15) is 45.4 Å². The fourth-order valence-corrected chi connectivity index (χ4v) is 2.75. The topological polar surface area (TPSA) is 43.8 Å². The van der Waals surface area contributed by atoms with Crippen molar-refractivity contribution in [2.24, 2.45) is 0 Å². The minimum absolute atomic E-state index is 0.302. The average Bonchev–Trinajstić information content (AvgIpc) is 2.77. The quantitative estimate of drug-likeness (QED) is 0.803. The summed E-state index contributed by atoms with van der Waals surface area (Å²) in [6.07, 6.45) is 2.19.